The molecule has 0 N–H and O–H groups in total. The SMILES string of the molecule is CC1OB(c2ccc(COCc3ccccc3)cc2)OC1(C)C. The minimum Gasteiger partial charge on any atom is -0.402 e. The van der Waals surface area contributed by atoms with Gasteiger partial charge in [0.15, 0.2) is 0 Å². The Morgan fingerprint density at radius 3 is 2.13 bits per heavy atom. The minimum atomic E-state index is -0.278. The van der Waals surface area contributed by atoms with Crippen LogP contribution in [0.25, 0.3) is 0 Å². The summed E-state index contributed by atoms with van der Waals surface area (Å²) in [4.78, 5) is 0. The molecule has 1 saturated heterocycles. The van der Waals surface area contributed by atoms with Crippen LogP contribution in [0.3, 0.4) is 0 Å². The Hall–Kier alpha value is -1.62. The fraction of sp³-hybridized carbons (Fsp3) is 0.368. The van der Waals surface area contributed by atoms with Crippen LogP contribution < -0.4 is 5.46 Å². The van der Waals surface area contributed by atoms with Crippen LogP contribution in [0.4, 0.5) is 0 Å². The van der Waals surface area contributed by atoms with Gasteiger partial charge in [0.2, 0.25) is 0 Å². The fourth-order valence-corrected chi connectivity index (χ4v) is 2.53. The number of benzene rings is 2. The van der Waals surface area contributed by atoms with E-state index >= 15 is 0 Å². The molecule has 0 amide bonds. The summed E-state index contributed by atoms with van der Waals surface area (Å²) in [6, 6.07) is 18.5. The molecule has 1 atom stereocenters. The van der Waals surface area contributed by atoms with Crippen molar-refractivity contribution in [2.45, 2.75) is 45.7 Å². The molecular weight excluding hydrogens is 287 g/mol. The lowest BCUT2D eigenvalue weighted by Crippen LogP contribution is -2.34. The molecule has 1 fully saturated rings. The van der Waals surface area contributed by atoms with Gasteiger partial charge in [-0.25, -0.2) is 0 Å². The van der Waals surface area contributed by atoms with Crippen molar-refractivity contribution in [1.82, 2.24) is 0 Å². The summed E-state index contributed by atoms with van der Waals surface area (Å²) < 4.78 is 17.6. The van der Waals surface area contributed by atoms with Crippen molar-refractivity contribution < 1.29 is 14.0 Å². The van der Waals surface area contributed by atoms with Gasteiger partial charge >= 0.3 is 7.12 Å². The van der Waals surface area contributed by atoms with Crippen LogP contribution in [0.15, 0.2) is 54.6 Å². The lowest BCUT2D eigenvalue weighted by Gasteiger charge is -2.21. The summed E-state index contributed by atoms with van der Waals surface area (Å²) in [5.41, 5.74) is 3.14. The summed E-state index contributed by atoms with van der Waals surface area (Å²) in [7, 11) is -0.278. The summed E-state index contributed by atoms with van der Waals surface area (Å²) in [6.07, 6.45) is 0.0846. The summed E-state index contributed by atoms with van der Waals surface area (Å²) in [5, 5.41) is 0. The van der Waals surface area contributed by atoms with E-state index in [0.717, 1.165) is 11.0 Å². The molecule has 0 aromatic heterocycles. The second-order valence-electron chi connectivity index (χ2n) is 6.55. The lowest BCUT2D eigenvalue weighted by molar-refractivity contribution is 0.0842. The van der Waals surface area contributed by atoms with Crippen LogP contribution in [-0.2, 0) is 27.3 Å². The Kier molecular flexibility index (Phi) is 4.86. The third kappa shape index (κ3) is 4.02. The van der Waals surface area contributed by atoms with Crippen molar-refractivity contribution >= 4 is 12.6 Å². The first-order valence-electron chi connectivity index (χ1n) is 8.08. The number of ether oxygens (including phenoxy) is 1. The van der Waals surface area contributed by atoms with Gasteiger partial charge < -0.3 is 14.0 Å². The van der Waals surface area contributed by atoms with Crippen molar-refractivity contribution in [1.29, 1.82) is 0 Å². The molecule has 1 aliphatic rings. The topological polar surface area (TPSA) is 27.7 Å². The maximum Gasteiger partial charge on any atom is 0.494 e. The van der Waals surface area contributed by atoms with E-state index in [0.29, 0.717) is 13.2 Å². The van der Waals surface area contributed by atoms with E-state index in [-0.39, 0.29) is 18.8 Å². The predicted octanol–water partition coefficient (Wildman–Crippen LogP) is 3.31. The summed E-state index contributed by atoms with van der Waals surface area (Å²) >= 11 is 0. The largest absolute Gasteiger partial charge is 0.494 e. The molecule has 0 radical (unpaired) electrons. The normalized spacial score (nSPS) is 20.0. The molecule has 1 heterocycles. The van der Waals surface area contributed by atoms with Gasteiger partial charge in [0.05, 0.1) is 24.9 Å². The molecule has 0 aliphatic carbocycles. The highest BCUT2D eigenvalue weighted by Gasteiger charge is 2.43. The van der Waals surface area contributed by atoms with Crippen LogP contribution in [-0.4, -0.2) is 18.8 Å². The molecule has 1 aliphatic heterocycles. The second kappa shape index (κ2) is 6.87. The van der Waals surface area contributed by atoms with E-state index in [1.807, 2.05) is 25.1 Å². The predicted molar refractivity (Wildman–Crippen MR) is 92.5 cm³/mol. The van der Waals surface area contributed by atoms with Crippen LogP contribution >= 0.6 is 0 Å². The van der Waals surface area contributed by atoms with E-state index in [1.165, 1.54) is 5.56 Å². The third-order valence-corrected chi connectivity index (χ3v) is 4.35. The van der Waals surface area contributed by atoms with Crippen LogP contribution in [0.2, 0.25) is 0 Å². The first-order valence-corrected chi connectivity index (χ1v) is 8.08. The van der Waals surface area contributed by atoms with E-state index in [1.54, 1.807) is 0 Å². The Morgan fingerprint density at radius 1 is 0.957 bits per heavy atom. The zero-order valence-corrected chi connectivity index (χ0v) is 14.0. The molecule has 3 rings (SSSR count). The van der Waals surface area contributed by atoms with Gasteiger partial charge in [-0.05, 0) is 37.4 Å². The van der Waals surface area contributed by atoms with Gasteiger partial charge in [0.1, 0.15) is 0 Å². The monoisotopic (exact) mass is 310 g/mol. The van der Waals surface area contributed by atoms with Crippen LogP contribution in [0.1, 0.15) is 31.9 Å². The van der Waals surface area contributed by atoms with Crippen LogP contribution in [0.5, 0.6) is 0 Å². The second-order valence-corrected chi connectivity index (χ2v) is 6.55. The van der Waals surface area contributed by atoms with Gasteiger partial charge in [-0.1, -0.05) is 54.6 Å². The Balaban J connectivity index is 1.53. The van der Waals surface area contributed by atoms with Gasteiger partial charge in [0, 0.05) is 0 Å². The van der Waals surface area contributed by atoms with E-state index in [4.69, 9.17) is 14.0 Å². The Bertz CT molecular complexity index is 625. The van der Waals surface area contributed by atoms with E-state index < -0.39 is 0 Å². The van der Waals surface area contributed by atoms with Crippen molar-refractivity contribution in [2.24, 2.45) is 0 Å². The van der Waals surface area contributed by atoms with E-state index in [2.05, 4.69) is 50.2 Å². The molecule has 2 aromatic carbocycles. The first kappa shape index (κ1) is 16.3. The number of rotatable bonds is 5. The van der Waals surface area contributed by atoms with E-state index in [9.17, 15) is 0 Å². The minimum absolute atomic E-state index is 0.0846. The van der Waals surface area contributed by atoms with Crippen molar-refractivity contribution in [3.63, 3.8) is 0 Å². The molecule has 2 aromatic rings. The summed E-state index contributed by atoms with van der Waals surface area (Å²) in [6.45, 7) is 7.39. The zero-order valence-electron chi connectivity index (χ0n) is 14.0. The molecule has 23 heavy (non-hydrogen) atoms. The highest BCUT2D eigenvalue weighted by Crippen LogP contribution is 2.26. The molecule has 0 bridgehead atoms. The van der Waals surface area contributed by atoms with Crippen molar-refractivity contribution in [3.8, 4) is 0 Å². The summed E-state index contributed by atoms with van der Waals surface area (Å²) in [5.74, 6) is 0. The quantitative estimate of drug-likeness (QED) is 0.793. The lowest BCUT2D eigenvalue weighted by atomic mass is 9.79. The number of hydrogen-bond donors (Lipinski definition) is 0. The molecule has 3 nitrogen and oxygen atoms in total. The molecule has 0 spiro atoms. The highest BCUT2D eigenvalue weighted by atomic mass is 16.7. The van der Waals surface area contributed by atoms with Gasteiger partial charge in [-0.15, -0.1) is 0 Å². The zero-order chi connectivity index (χ0) is 16.3. The van der Waals surface area contributed by atoms with Gasteiger partial charge in [0.25, 0.3) is 0 Å². The molecule has 4 heteroatoms. The van der Waals surface area contributed by atoms with Crippen molar-refractivity contribution in [2.75, 3.05) is 0 Å². The Labute approximate surface area is 138 Å². The maximum absolute atomic E-state index is 5.97. The van der Waals surface area contributed by atoms with Gasteiger partial charge in [-0.3, -0.25) is 0 Å². The average molecular weight is 310 g/mol. The maximum atomic E-state index is 5.97. The average Bonchev–Trinajstić information content (AvgIpc) is 2.82. The molecule has 120 valence electrons. The first-order chi connectivity index (χ1) is 11.0. The number of hydrogen-bond acceptors (Lipinski definition) is 3. The van der Waals surface area contributed by atoms with Crippen molar-refractivity contribution in [3.05, 3.63) is 65.7 Å². The third-order valence-electron chi connectivity index (χ3n) is 4.35. The van der Waals surface area contributed by atoms with Gasteiger partial charge in [-0.2, -0.15) is 0 Å². The van der Waals surface area contributed by atoms with Crippen LogP contribution in [0, 0.1) is 0 Å². The fourth-order valence-electron chi connectivity index (χ4n) is 2.53. The molecule has 0 saturated carbocycles. The molecule has 1 unspecified atom stereocenters. The molecular formula is C19H23BO3. The highest BCUT2D eigenvalue weighted by molar-refractivity contribution is 6.61. The standard InChI is InChI=1S/C19H23BO3/c1-15-19(2,3)23-20(22-15)18-11-9-17(10-12-18)14-21-13-16-7-5-4-6-8-16/h4-12,15H,13-14H2,1-3H3. The smallest absolute Gasteiger partial charge is 0.402 e. The Morgan fingerprint density at radius 2 is 1.57 bits per heavy atom.